The van der Waals surface area contributed by atoms with Crippen molar-refractivity contribution < 1.29 is 85.6 Å². The Morgan fingerprint density at radius 1 is 0.782 bits per heavy atom. The molecule has 1 fully saturated rings. The second-order valence-electron chi connectivity index (χ2n) is 20.6. The predicted octanol–water partition coefficient (Wildman–Crippen LogP) is 5.27. The number of nitrogens with one attached hydrogen (secondary N) is 2. The van der Waals surface area contributed by atoms with Gasteiger partial charge in [-0.3, -0.25) is 28.1 Å². The van der Waals surface area contributed by atoms with Gasteiger partial charge < -0.3 is 74.1 Å². The van der Waals surface area contributed by atoms with E-state index in [1.807, 2.05) is 0 Å². The molecule has 1 saturated heterocycles. The maximum absolute atomic E-state index is 12.7. The lowest BCUT2D eigenvalue weighted by Gasteiger charge is -2.36. The smallest absolute Gasteiger partial charge is 0.274 e. The number of aliphatic hydroxyl groups excluding tert-OH is 3. The van der Waals surface area contributed by atoms with Crippen LogP contribution in [-0.4, -0.2) is 114 Å². The van der Waals surface area contributed by atoms with Crippen LogP contribution in [0.25, 0.3) is 11.2 Å². The number of aliphatic hydroxyl groups is 3. The Hall–Kier alpha value is -2.48. The summed E-state index contributed by atoms with van der Waals surface area (Å²) in [6, 6.07) is 0. The Balaban J connectivity index is 1.20. The van der Waals surface area contributed by atoms with Crippen molar-refractivity contribution in [3.63, 3.8) is 0 Å². The van der Waals surface area contributed by atoms with Crippen LogP contribution >= 0.6 is 35.2 Å². The van der Waals surface area contributed by atoms with Crippen LogP contribution < -0.4 is 35.9 Å². The summed E-state index contributed by atoms with van der Waals surface area (Å²) in [5.74, 6) is -1.32. The number of amides is 2. The second kappa shape index (κ2) is 36.9. The fourth-order valence-electron chi connectivity index (χ4n) is 8.79. The van der Waals surface area contributed by atoms with E-state index in [1.165, 1.54) is 142 Å². The number of hydrogen-bond donors (Lipinski definition) is 6. The highest BCUT2D eigenvalue weighted by Crippen LogP contribution is 2.56. The SMILES string of the molecule is CCCCCCCCCCCCCCCCCCCCCCCCC[C@@H](O)CC(=O)SCCNC(=O)CCNC(=O)[C@H](O)C(C)(C)COP(=O)([O-])OP(=O)([O-])OC[C@H]1O[C@@H](n2cnc3c(N)ncnc32)[C@H](O)[C@@H]1OP(=O)([O-])[O-]. The third-order valence-corrected chi connectivity index (χ3v) is 17.2. The van der Waals surface area contributed by atoms with Gasteiger partial charge in [-0.15, -0.1) is 0 Å². The van der Waals surface area contributed by atoms with Gasteiger partial charge in [-0.2, -0.15) is 0 Å². The molecule has 2 amide bonds. The number of phosphoric acid groups is 3. The van der Waals surface area contributed by atoms with Gasteiger partial charge in [0.05, 0.1) is 33.5 Å². The molecule has 25 nitrogen and oxygen atoms in total. The van der Waals surface area contributed by atoms with Gasteiger partial charge in [0.15, 0.2) is 22.8 Å². The number of unbranched alkanes of at least 4 members (excludes halogenated alkanes) is 22. The molecule has 0 radical (unpaired) electrons. The summed E-state index contributed by atoms with van der Waals surface area (Å²) < 4.78 is 61.0. The Morgan fingerprint density at radius 3 is 1.85 bits per heavy atom. The van der Waals surface area contributed by atoms with E-state index in [4.69, 9.17) is 10.5 Å². The third-order valence-electron chi connectivity index (χ3n) is 13.3. The first-order chi connectivity index (χ1) is 36.9. The third kappa shape index (κ3) is 28.5. The predicted molar refractivity (Wildman–Crippen MR) is 285 cm³/mol. The highest BCUT2D eigenvalue weighted by Gasteiger charge is 2.47. The maximum atomic E-state index is 12.7. The van der Waals surface area contributed by atoms with Crippen LogP contribution in [0.1, 0.15) is 194 Å². The average molecular weight is 1190 g/mol. The summed E-state index contributed by atoms with van der Waals surface area (Å²) in [6.45, 7) is 2.28. The van der Waals surface area contributed by atoms with E-state index in [9.17, 15) is 63.0 Å². The van der Waals surface area contributed by atoms with E-state index in [0.29, 0.717) is 6.42 Å². The zero-order valence-electron chi connectivity index (χ0n) is 45.6. The quantitative estimate of drug-likeness (QED) is 0.0363. The van der Waals surface area contributed by atoms with E-state index in [0.717, 1.165) is 48.2 Å². The Kier molecular flexibility index (Phi) is 33.0. The average Bonchev–Trinajstić information content (AvgIpc) is 4.01. The molecule has 0 spiro atoms. The number of nitrogens with zero attached hydrogens (tertiary/aromatic N) is 4. The normalized spacial score (nSPS) is 19.4. The molecule has 0 aromatic carbocycles. The summed E-state index contributed by atoms with van der Waals surface area (Å²) in [4.78, 5) is 97.3. The summed E-state index contributed by atoms with van der Waals surface area (Å²) in [7, 11) is -17.7. The van der Waals surface area contributed by atoms with Gasteiger partial charge in [0.1, 0.15) is 36.3 Å². The molecule has 0 saturated carbocycles. The van der Waals surface area contributed by atoms with Crippen LogP contribution in [-0.2, 0) is 50.7 Å². The molecule has 450 valence electrons. The van der Waals surface area contributed by atoms with Crippen LogP contribution in [0.2, 0.25) is 0 Å². The number of thioether (sulfide) groups is 1. The molecule has 1 aliphatic rings. The molecule has 2 aromatic heterocycles. The van der Waals surface area contributed by atoms with Gasteiger partial charge in [0.25, 0.3) is 15.6 Å². The molecular weight excluding hydrogens is 1100 g/mol. The molecule has 2 unspecified atom stereocenters. The first-order valence-corrected chi connectivity index (χ1v) is 33.0. The standard InChI is InChI=1S/C49H90N7O18P3S/c1-4-5-6-7-8-9-10-11-12-13-14-15-16-17-18-19-20-21-22-23-24-25-26-27-37(57)32-40(59)78-31-30-51-39(58)28-29-52-47(62)44(61)49(2,3)34-71-77(68,69)74-76(66,67)70-33-38-43(73-75(63,64)65)42(60)48(72-38)56-36-55-41-45(50)53-35-54-46(41)56/h35-38,42-44,48,57,60-61H,4-34H2,1-3H3,(H,51,58)(H,52,62)(H,66,67)(H,68,69)(H2,50,53,54)(H2,63,64,65)/p-4/t37-,38-,42-,43-,44+,48-/m1/s1. The van der Waals surface area contributed by atoms with Crippen molar-refractivity contribution in [2.24, 2.45) is 5.41 Å². The number of hydrogen-bond acceptors (Lipinski definition) is 23. The van der Waals surface area contributed by atoms with Crippen molar-refractivity contribution in [3.05, 3.63) is 12.7 Å². The van der Waals surface area contributed by atoms with E-state index in [1.54, 1.807) is 0 Å². The van der Waals surface area contributed by atoms with Gasteiger partial charge in [-0.05, 0) is 6.42 Å². The first-order valence-electron chi connectivity index (χ1n) is 27.6. The number of nitrogens with two attached hydrogens (primary N) is 1. The van der Waals surface area contributed by atoms with Crippen molar-refractivity contribution in [1.29, 1.82) is 0 Å². The topological polar surface area (TPSA) is 395 Å². The van der Waals surface area contributed by atoms with E-state index < -0.39 is 90.7 Å². The Morgan fingerprint density at radius 2 is 1.31 bits per heavy atom. The lowest BCUT2D eigenvalue weighted by molar-refractivity contribution is -0.347. The van der Waals surface area contributed by atoms with Crippen molar-refractivity contribution in [3.8, 4) is 0 Å². The number of phosphoric ester groups is 3. The maximum Gasteiger partial charge on any atom is 0.274 e. The minimum atomic E-state index is -5.93. The largest absolute Gasteiger partial charge is 0.790 e. The zero-order valence-corrected chi connectivity index (χ0v) is 49.1. The van der Waals surface area contributed by atoms with Crippen LogP contribution in [0, 0.1) is 5.41 Å². The molecule has 0 bridgehead atoms. The highest BCUT2D eigenvalue weighted by molar-refractivity contribution is 8.13. The highest BCUT2D eigenvalue weighted by atomic mass is 32.2. The van der Waals surface area contributed by atoms with Crippen LogP contribution in [0.4, 0.5) is 5.82 Å². The molecule has 2 aromatic rings. The molecular formula is C49H86N7O18P3S-4. The fourth-order valence-corrected chi connectivity index (χ4v) is 12.3. The van der Waals surface area contributed by atoms with Crippen molar-refractivity contribution >= 4 is 69.1 Å². The van der Waals surface area contributed by atoms with Crippen molar-refractivity contribution in [1.82, 2.24) is 30.2 Å². The Bertz CT molecular complexity index is 2210. The lowest BCUT2D eigenvalue weighted by Crippen LogP contribution is -2.46. The number of fused-ring (bicyclic) bond motifs is 1. The van der Waals surface area contributed by atoms with E-state index >= 15 is 0 Å². The number of imidazole rings is 1. The summed E-state index contributed by atoms with van der Waals surface area (Å²) >= 11 is 0.995. The van der Waals surface area contributed by atoms with Gasteiger partial charge in [-0.1, -0.05) is 180 Å². The molecule has 0 aliphatic carbocycles. The Labute approximate surface area is 463 Å². The summed E-state index contributed by atoms with van der Waals surface area (Å²) in [5.41, 5.74) is 4.07. The summed E-state index contributed by atoms with van der Waals surface area (Å²) in [6.07, 6.45) is 22.3. The van der Waals surface area contributed by atoms with Crippen molar-refractivity contribution in [2.45, 2.75) is 224 Å². The van der Waals surface area contributed by atoms with Gasteiger partial charge in [0.2, 0.25) is 11.8 Å². The number of nitrogen functional groups attached to an aromatic ring is 1. The molecule has 7 N–H and O–H groups in total. The molecule has 3 heterocycles. The van der Waals surface area contributed by atoms with Crippen molar-refractivity contribution in [2.75, 3.05) is 37.8 Å². The van der Waals surface area contributed by atoms with Gasteiger partial charge >= 0.3 is 0 Å². The summed E-state index contributed by atoms with van der Waals surface area (Å²) in [5, 5.41) is 36.6. The molecule has 3 rings (SSSR count). The minimum absolute atomic E-state index is 0.0182. The van der Waals surface area contributed by atoms with E-state index in [2.05, 4.69) is 50.4 Å². The van der Waals surface area contributed by atoms with E-state index in [-0.39, 0.29) is 53.8 Å². The first kappa shape index (κ1) is 69.8. The van der Waals surface area contributed by atoms with Crippen LogP contribution in [0.15, 0.2) is 12.7 Å². The second-order valence-corrected chi connectivity index (χ2v) is 25.8. The number of ether oxygens (including phenoxy) is 1. The fraction of sp³-hybridized carbons (Fsp3) is 0.837. The number of anilines is 1. The molecule has 8 atom stereocenters. The number of carbonyl (C=O) groups excluding carboxylic acids is 3. The van der Waals surface area contributed by atoms with Gasteiger partial charge in [-0.25, -0.2) is 19.3 Å². The lowest BCUT2D eigenvalue weighted by atomic mass is 9.87. The van der Waals surface area contributed by atoms with Gasteiger partial charge in [0, 0.05) is 37.1 Å². The molecule has 1 aliphatic heterocycles. The van der Waals surface area contributed by atoms with Crippen LogP contribution in [0.3, 0.4) is 0 Å². The molecule has 29 heteroatoms. The minimum Gasteiger partial charge on any atom is -0.790 e. The number of aromatic nitrogens is 4. The molecule has 78 heavy (non-hydrogen) atoms. The van der Waals surface area contributed by atoms with Crippen LogP contribution in [0.5, 0.6) is 0 Å². The number of rotatable bonds is 45. The number of carbonyl (C=O) groups is 3. The zero-order chi connectivity index (χ0) is 57.6. The monoisotopic (exact) mass is 1190 g/mol.